The van der Waals surface area contributed by atoms with Crippen LogP contribution in [0.3, 0.4) is 0 Å². The zero-order valence-electron chi connectivity index (χ0n) is 5.63. The van der Waals surface area contributed by atoms with E-state index in [0.29, 0.717) is 0 Å². The molecule has 0 aliphatic rings. The van der Waals surface area contributed by atoms with Gasteiger partial charge in [0.05, 0.1) is 11.6 Å². The molecule has 2 heteroatoms. The lowest BCUT2D eigenvalue weighted by Crippen LogP contribution is -1.79. The van der Waals surface area contributed by atoms with E-state index >= 15 is 0 Å². The van der Waals surface area contributed by atoms with Crippen molar-refractivity contribution >= 4 is 12.6 Å². The maximum atomic E-state index is 8.53. The number of nitrogens with zero attached hydrogens (tertiary/aromatic N) is 1. The third-order valence-electron chi connectivity index (χ3n) is 1.33. The van der Waals surface area contributed by atoms with E-state index in [1.54, 1.807) is 6.07 Å². The largest absolute Gasteiger partial charge is 0.192 e. The maximum Gasteiger partial charge on any atom is 0.0994 e. The van der Waals surface area contributed by atoms with Crippen molar-refractivity contribution in [3.05, 3.63) is 29.3 Å². The molecular weight excluding hydrogens is 142 g/mol. The first-order chi connectivity index (χ1) is 4.74. The molecule has 0 heterocycles. The Hall–Kier alpha value is -0.940. The van der Waals surface area contributed by atoms with Gasteiger partial charge in [0.25, 0.3) is 0 Å². The maximum absolute atomic E-state index is 8.53. The van der Waals surface area contributed by atoms with Crippen LogP contribution in [0.2, 0.25) is 0 Å². The van der Waals surface area contributed by atoms with E-state index in [1.807, 2.05) is 19.1 Å². The quantitative estimate of drug-likeness (QED) is 0.561. The lowest BCUT2D eigenvalue weighted by Gasteiger charge is -1.95. The number of thiol groups is 1. The Morgan fingerprint density at radius 3 is 2.70 bits per heavy atom. The number of aryl methyl sites for hydroxylation is 1. The zero-order chi connectivity index (χ0) is 7.56. The SMILES string of the molecule is Cc1cc(S)ccc1C#N. The fourth-order valence-electron chi connectivity index (χ4n) is 0.773. The molecule has 50 valence electrons. The van der Waals surface area contributed by atoms with Gasteiger partial charge >= 0.3 is 0 Å². The second-order valence-electron chi connectivity index (χ2n) is 2.11. The summed E-state index contributed by atoms with van der Waals surface area (Å²) in [6.07, 6.45) is 0. The van der Waals surface area contributed by atoms with Gasteiger partial charge in [-0.3, -0.25) is 0 Å². The van der Waals surface area contributed by atoms with Crippen molar-refractivity contribution in [3.63, 3.8) is 0 Å². The van der Waals surface area contributed by atoms with E-state index in [1.165, 1.54) is 0 Å². The lowest BCUT2D eigenvalue weighted by molar-refractivity contribution is 1.33. The predicted molar refractivity (Wildman–Crippen MR) is 43.1 cm³/mol. The fraction of sp³-hybridized carbons (Fsp3) is 0.125. The molecule has 0 aliphatic heterocycles. The first kappa shape index (κ1) is 7.17. The van der Waals surface area contributed by atoms with Crippen molar-refractivity contribution in [1.82, 2.24) is 0 Å². The van der Waals surface area contributed by atoms with Gasteiger partial charge in [0.15, 0.2) is 0 Å². The van der Waals surface area contributed by atoms with E-state index in [0.717, 1.165) is 16.0 Å². The van der Waals surface area contributed by atoms with Gasteiger partial charge in [0.1, 0.15) is 0 Å². The van der Waals surface area contributed by atoms with Gasteiger partial charge in [-0.1, -0.05) is 0 Å². The molecule has 0 saturated heterocycles. The summed E-state index contributed by atoms with van der Waals surface area (Å²) in [5.41, 5.74) is 1.70. The summed E-state index contributed by atoms with van der Waals surface area (Å²) >= 11 is 4.13. The van der Waals surface area contributed by atoms with E-state index in [2.05, 4.69) is 18.7 Å². The Kier molecular flexibility index (Phi) is 1.98. The number of hydrogen-bond acceptors (Lipinski definition) is 2. The molecule has 1 aromatic carbocycles. The molecule has 0 spiro atoms. The predicted octanol–water partition coefficient (Wildman–Crippen LogP) is 2.16. The molecule has 0 aliphatic carbocycles. The van der Waals surface area contributed by atoms with Gasteiger partial charge in [-0.05, 0) is 30.7 Å². The van der Waals surface area contributed by atoms with Crippen LogP contribution in [0.25, 0.3) is 0 Å². The lowest BCUT2D eigenvalue weighted by atomic mass is 10.1. The zero-order valence-corrected chi connectivity index (χ0v) is 6.52. The smallest absolute Gasteiger partial charge is 0.0994 e. The van der Waals surface area contributed by atoms with Gasteiger partial charge in [0, 0.05) is 4.90 Å². The summed E-state index contributed by atoms with van der Waals surface area (Å²) in [4.78, 5) is 0.900. The highest BCUT2D eigenvalue weighted by Gasteiger charge is 1.94. The van der Waals surface area contributed by atoms with Crippen LogP contribution in [-0.4, -0.2) is 0 Å². The topological polar surface area (TPSA) is 23.8 Å². The third-order valence-corrected chi connectivity index (χ3v) is 1.61. The van der Waals surface area contributed by atoms with Crippen LogP contribution < -0.4 is 0 Å². The molecule has 0 aromatic heterocycles. The van der Waals surface area contributed by atoms with Crippen LogP contribution in [0.5, 0.6) is 0 Å². The highest BCUT2D eigenvalue weighted by atomic mass is 32.1. The number of nitriles is 1. The van der Waals surface area contributed by atoms with E-state index < -0.39 is 0 Å². The molecule has 10 heavy (non-hydrogen) atoms. The third kappa shape index (κ3) is 1.31. The summed E-state index contributed by atoms with van der Waals surface area (Å²) in [5.74, 6) is 0. The summed E-state index contributed by atoms with van der Waals surface area (Å²) in [5, 5.41) is 8.53. The Labute approximate surface area is 65.7 Å². The van der Waals surface area contributed by atoms with Crippen molar-refractivity contribution in [2.75, 3.05) is 0 Å². The first-order valence-corrected chi connectivity index (χ1v) is 3.38. The monoisotopic (exact) mass is 149 g/mol. The van der Waals surface area contributed by atoms with Crippen LogP contribution >= 0.6 is 12.6 Å². The van der Waals surface area contributed by atoms with Crippen LogP contribution in [0, 0.1) is 18.3 Å². The highest BCUT2D eigenvalue weighted by Crippen LogP contribution is 2.12. The highest BCUT2D eigenvalue weighted by molar-refractivity contribution is 7.80. The van der Waals surface area contributed by atoms with Gasteiger partial charge in [0.2, 0.25) is 0 Å². The number of hydrogen-bond donors (Lipinski definition) is 1. The molecule has 0 fully saturated rings. The van der Waals surface area contributed by atoms with Crippen molar-refractivity contribution in [2.45, 2.75) is 11.8 Å². The number of benzene rings is 1. The number of rotatable bonds is 0. The summed E-state index contributed by atoms with van der Waals surface area (Å²) < 4.78 is 0. The molecular formula is C8H7NS. The van der Waals surface area contributed by atoms with Crippen molar-refractivity contribution < 1.29 is 0 Å². The average molecular weight is 149 g/mol. The molecule has 0 radical (unpaired) electrons. The molecule has 0 N–H and O–H groups in total. The standard InChI is InChI=1S/C8H7NS/c1-6-4-8(10)3-2-7(6)5-9/h2-4,10H,1H3. The van der Waals surface area contributed by atoms with Gasteiger partial charge < -0.3 is 0 Å². The van der Waals surface area contributed by atoms with E-state index in [-0.39, 0.29) is 0 Å². The fourth-order valence-corrected chi connectivity index (χ4v) is 1.04. The second-order valence-corrected chi connectivity index (χ2v) is 2.63. The molecule has 1 aromatic rings. The van der Waals surface area contributed by atoms with Crippen LogP contribution in [0.1, 0.15) is 11.1 Å². The molecule has 0 saturated carbocycles. The summed E-state index contributed by atoms with van der Waals surface area (Å²) in [6.45, 7) is 1.90. The first-order valence-electron chi connectivity index (χ1n) is 2.94. The van der Waals surface area contributed by atoms with Crippen molar-refractivity contribution in [1.29, 1.82) is 5.26 Å². The molecule has 1 nitrogen and oxygen atoms in total. The summed E-state index contributed by atoms with van der Waals surface area (Å²) in [6, 6.07) is 7.55. The Balaban J connectivity index is 3.23. The normalized spacial score (nSPS) is 8.90. The van der Waals surface area contributed by atoms with Crippen LogP contribution in [-0.2, 0) is 0 Å². The molecule has 0 atom stereocenters. The van der Waals surface area contributed by atoms with Crippen LogP contribution in [0.15, 0.2) is 23.1 Å². The molecule has 1 rings (SSSR count). The van der Waals surface area contributed by atoms with Gasteiger partial charge in [-0.2, -0.15) is 5.26 Å². The van der Waals surface area contributed by atoms with Crippen molar-refractivity contribution in [3.8, 4) is 6.07 Å². The van der Waals surface area contributed by atoms with Crippen molar-refractivity contribution in [2.24, 2.45) is 0 Å². The Morgan fingerprint density at radius 1 is 1.50 bits per heavy atom. The molecule has 0 amide bonds. The van der Waals surface area contributed by atoms with E-state index in [9.17, 15) is 0 Å². The molecule has 0 unspecified atom stereocenters. The minimum atomic E-state index is 0.720. The molecule has 0 bridgehead atoms. The average Bonchev–Trinajstić information content (AvgIpc) is 1.88. The Bertz CT molecular complexity index is 286. The van der Waals surface area contributed by atoms with Gasteiger partial charge in [-0.15, -0.1) is 12.6 Å². The van der Waals surface area contributed by atoms with Crippen LogP contribution in [0.4, 0.5) is 0 Å². The minimum Gasteiger partial charge on any atom is -0.192 e. The van der Waals surface area contributed by atoms with Gasteiger partial charge in [-0.25, -0.2) is 0 Å². The Morgan fingerprint density at radius 2 is 2.20 bits per heavy atom. The second kappa shape index (κ2) is 2.76. The summed E-state index contributed by atoms with van der Waals surface area (Å²) in [7, 11) is 0. The van der Waals surface area contributed by atoms with E-state index in [4.69, 9.17) is 5.26 Å². The minimum absolute atomic E-state index is 0.720.